The van der Waals surface area contributed by atoms with Crippen LogP contribution in [0.1, 0.15) is 24.0 Å². The van der Waals surface area contributed by atoms with Gasteiger partial charge in [-0.05, 0) is 37.3 Å². The Bertz CT molecular complexity index is 319. The summed E-state index contributed by atoms with van der Waals surface area (Å²) < 4.78 is 0. The smallest absolute Gasteiger partial charge is 0.0540 e. The van der Waals surface area contributed by atoms with Crippen LogP contribution in [0.15, 0.2) is 24.3 Å². The zero-order valence-electron chi connectivity index (χ0n) is 10.8. The first-order valence-corrected chi connectivity index (χ1v) is 7.45. The Balaban J connectivity index is 2.85. The van der Waals surface area contributed by atoms with E-state index in [1.165, 1.54) is 5.56 Å². The fourth-order valence-electron chi connectivity index (χ4n) is 2.06. The molecule has 0 heterocycles. The number of aliphatic hydroxyl groups excluding tert-OH is 1. The number of hydrogen-bond donors (Lipinski definition) is 2. The number of rotatable bonds is 7. The molecule has 3 N–H and O–H groups in total. The van der Waals surface area contributed by atoms with Gasteiger partial charge in [0.25, 0.3) is 0 Å². The van der Waals surface area contributed by atoms with Crippen molar-refractivity contribution in [2.45, 2.75) is 25.2 Å². The number of thioether (sulfide) groups is 1. The van der Waals surface area contributed by atoms with Gasteiger partial charge >= 0.3 is 0 Å². The van der Waals surface area contributed by atoms with E-state index >= 15 is 0 Å². The fourth-order valence-corrected chi connectivity index (χ4v) is 2.49. The standard InChI is InChI=1S/C14H23NOS/c1-12-4-6-13(7-5-12)14(10-15,11-16)8-3-9-17-2/h4-7,16H,3,8-11,15H2,1-2H3. The minimum absolute atomic E-state index is 0.126. The SMILES string of the molecule is CSCCCC(CN)(CO)c1ccc(C)cc1. The van der Waals surface area contributed by atoms with E-state index in [0.717, 1.165) is 24.2 Å². The molecule has 1 aromatic carbocycles. The molecule has 1 atom stereocenters. The summed E-state index contributed by atoms with van der Waals surface area (Å²) in [7, 11) is 0. The zero-order chi connectivity index (χ0) is 12.7. The maximum Gasteiger partial charge on any atom is 0.0540 e. The van der Waals surface area contributed by atoms with Crippen LogP contribution in [0.2, 0.25) is 0 Å². The quantitative estimate of drug-likeness (QED) is 0.733. The van der Waals surface area contributed by atoms with Crippen LogP contribution in [0, 0.1) is 6.92 Å². The highest BCUT2D eigenvalue weighted by molar-refractivity contribution is 7.98. The van der Waals surface area contributed by atoms with E-state index in [9.17, 15) is 5.11 Å². The van der Waals surface area contributed by atoms with E-state index in [1.807, 2.05) is 11.8 Å². The maximum absolute atomic E-state index is 9.71. The molecule has 0 fully saturated rings. The van der Waals surface area contributed by atoms with E-state index in [0.29, 0.717) is 6.54 Å². The molecule has 0 aromatic heterocycles. The van der Waals surface area contributed by atoms with Crippen molar-refractivity contribution in [1.82, 2.24) is 0 Å². The van der Waals surface area contributed by atoms with Crippen molar-refractivity contribution >= 4 is 11.8 Å². The first-order chi connectivity index (χ1) is 8.18. The molecule has 0 spiro atoms. The Morgan fingerprint density at radius 3 is 2.41 bits per heavy atom. The number of aryl methyl sites for hydroxylation is 1. The summed E-state index contributed by atoms with van der Waals surface area (Å²) in [5, 5.41) is 9.71. The van der Waals surface area contributed by atoms with Gasteiger partial charge in [0, 0.05) is 12.0 Å². The second kappa shape index (κ2) is 7.04. The summed E-state index contributed by atoms with van der Waals surface area (Å²) in [5.74, 6) is 1.12. The molecule has 2 nitrogen and oxygen atoms in total. The van der Waals surface area contributed by atoms with Crippen LogP contribution in [0.3, 0.4) is 0 Å². The Morgan fingerprint density at radius 2 is 1.94 bits per heavy atom. The van der Waals surface area contributed by atoms with Crippen LogP contribution >= 0.6 is 11.8 Å². The van der Waals surface area contributed by atoms with Crippen LogP contribution in [-0.4, -0.2) is 30.3 Å². The van der Waals surface area contributed by atoms with Crippen molar-refractivity contribution < 1.29 is 5.11 Å². The first kappa shape index (κ1) is 14.6. The van der Waals surface area contributed by atoms with Crippen molar-refractivity contribution in [3.63, 3.8) is 0 Å². The van der Waals surface area contributed by atoms with Crippen LogP contribution in [-0.2, 0) is 5.41 Å². The first-order valence-electron chi connectivity index (χ1n) is 6.05. The van der Waals surface area contributed by atoms with Gasteiger partial charge < -0.3 is 10.8 Å². The molecule has 1 rings (SSSR count). The zero-order valence-corrected chi connectivity index (χ0v) is 11.6. The lowest BCUT2D eigenvalue weighted by molar-refractivity contribution is 0.187. The van der Waals surface area contributed by atoms with Gasteiger partial charge in [-0.2, -0.15) is 11.8 Å². The van der Waals surface area contributed by atoms with E-state index in [4.69, 9.17) is 5.73 Å². The van der Waals surface area contributed by atoms with Gasteiger partial charge in [-0.25, -0.2) is 0 Å². The number of aliphatic hydroxyl groups is 1. The van der Waals surface area contributed by atoms with Crippen molar-refractivity contribution in [1.29, 1.82) is 0 Å². The topological polar surface area (TPSA) is 46.2 Å². The fraction of sp³-hybridized carbons (Fsp3) is 0.571. The van der Waals surface area contributed by atoms with Crippen molar-refractivity contribution in [2.75, 3.05) is 25.2 Å². The molecule has 0 amide bonds. The summed E-state index contributed by atoms with van der Waals surface area (Å²) >= 11 is 1.84. The lowest BCUT2D eigenvalue weighted by atomic mass is 9.77. The molecular formula is C14H23NOS. The number of hydrogen-bond acceptors (Lipinski definition) is 3. The van der Waals surface area contributed by atoms with Gasteiger partial charge in [0.15, 0.2) is 0 Å². The van der Waals surface area contributed by atoms with Crippen LogP contribution in [0.5, 0.6) is 0 Å². The van der Waals surface area contributed by atoms with Crippen molar-refractivity contribution in [2.24, 2.45) is 5.73 Å². The van der Waals surface area contributed by atoms with Gasteiger partial charge in [-0.1, -0.05) is 29.8 Å². The molecule has 17 heavy (non-hydrogen) atoms. The number of benzene rings is 1. The lowest BCUT2D eigenvalue weighted by Crippen LogP contribution is -2.39. The third kappa shape index (κ3) is 3.73. The largest absolute Gasteiger partial charge is 0.395 e. The Kier molecular flexibility index (Phi) is 6.03. The molecule has 1 unspecified atom stereocenters. The summed E-state index contributed by atoms with van der Waals surface area (Å²) in [6, 6.07) is 8.36. The molecule has 0 bridgehead atoms. The van der Waals surface area contributed by atoms with Gasteiger partial charge in [0.1, 0.15) is 0 Å². The third-order valence-corrected chi connectivity index (χ3v) is 4.06. The molecule has 0 saturated heterocycles. The van der Waals surface area contributed by atoms with Gasteiger partial charge in [-0.15, -0.1) is 0 Å². The summed E-state index contributed by atoms with van der Waals surface area (Å²) in [5.41, 5.74) is 8.04. The molecule has 1 aromatic rings. The third-order valence-electron chi connectivity index (χ3n) is 3.36. The maximum atomic E-state index is 9.71. The minimum Gasteiger partial charge on any atom is -0.395 e. The molecule has 96 valence electrons. The van der Waals surface area contributed by atoms with Crippen molar-refractivity contribution in [3.8, 4) is 0 Å². The number of nitrogens with two attached hydrogens (primary N) is 1. The summed E-state index contributed by atoms with van der Waals surface area (Å²) in [6.07, 6.45) is 4.14. The van der Waals surface area contributed by atoms with Gasteiger partial charge in [-0.3, -0.25) is 0 Å². The van der Waals surface area contributed by atoms with Crippen LogP contribution in [0.4, 0.5) is 0 Å². The average molecular weight is 253 g/mol. The molecule has 0 aliphatic carbocycles. The lowest BCUT2D eigenvalue weighted by Gasteiger charge is -2.31. The second-order valence-corrected chi connectivity index (χ2v) is 5.59. The normalized spacial score (nSPS) is 14.6. The molecule has 0 radical (unpaired) electrons. The predicted molar refractivity (Wildman–Crippen MR) is 76.6 cm³/mol. The Labute approximate surface area is 109 Å². The highest BCUT2D eigenvalue weighted by Crippen LogP contribution is 2.29. The molecule has 3 heteroatoms. The van der Waals surface area contributed by atoms with E-state index < -0.39 is 0 Å². The second-order valence-electron chi connectivity index (χ2n) is 4.60. The highest BCUT2D eigenvalue weighted by atomic mass is 32.2. The van der Waals surface area contributed by atoms with Crippen LogP contribution in [0.25, 0.3) is 0 Å². The Morgan fingerprint density at radius 1 is 1.29 bits per heavy atom. The van der Waals surface area contributed by atoms with Crippen LogP contribution < -0.4 is 5.73 Å². The summed E-state index contributed by atoms with van der Waals surface area (Å²) in [6.45, 7) is 2.70. The van der Waals surface area contributed by atoms with Gasteiger partial charge in [0.05, 0.1) is 6.61 Å². The highest BCUT2D eigenvalue weighted by Gasteiger charge is 2.29. The molecular weight excluding hydrogens is 230 g/mol. The molecule has 0 aliphatic rings. The van der Waals surface area contributed by atoms with E-state index in [-0.39, 0.29) is 12.0 Å². The Hall–Kier alpha value is -0.510. The predicted octanol–water partition coefficient (Wildman–Crippen LogP) is 2.33. The van der Waals surface area contributed by atoms with Crippen molar-refractivity contribution in [3.05, 3.63) is 35.4 Å². The minimum atomic E-state index is -0.260. The van der Waals surface area contributed by atoms with Gasteiger partial charge in [0.2, 0.25) is 0 Å². The molecule has 0 aliphatic heterocycles. The van der Waals surface area contributed by atoms with E-state index in [2.05, 4.69) is 37.4 Å². The molecule has 0 saturated carbocycles. The summed E-state index contributed by atoms with van der Waals surface area (Å²) in [4.78, 5) is 0. The average Bonchev–Trinajstić information content (AvgIpc) is 2.37. The van der Waals surface area contributed by atoms with E-state index in [1.54, 1.807) is 0 Å². The monoisotopic (exact) mass is 253 g/mol.